The summed E-state index contributed by atoms with van der Waals surface area (Å²) < 4.78 is 2.71. The predicted octanol–water partition coefficient (Wildman–Crippen LogP) is 17.1. The molecule has 1 aliphatic carbocycles. The summed E-state index contributed by atoms with van der Waals surface area (Å²) in [6.45, 7) is 4.74. The maximum Gasteiger partial charge on any atom is 0.0440 e. The minimum absolute atomic E-state index is 0.0620. The fraction of sp³-hybridized carbons (Fsp3) is 0.0508. The van der Waals surface area contributed by atoms with E-state index < -0.39 is 0 Å². The van der Waals surface area contributed by atoms with Gasteiger partial charge in [0.1, 0.15) is 0 Å². The van der Waals surface area contributed by atoms with Gasteiger partial charge in [0, 0.05) is 31.0 Å². The Hall–Kier alpha value is -7.06. The zero-order valence-corrected chi connectivity index (χ0v) is 34.2. The van der Waals surface area contributed by atoms with Crippen LogP contribution in [0.4, 0.5) is 0 Å². The van der Waals surface area contributed by atoms with Crippen LogP contribution in [0.1, 0.15) is 25.0 Å². The molecule has 0 amide bonds. The van der Waals surface area contributed by atoms with Crippen LogP contribution in [0.5, 0.6) is 0 Å². The Morgan fingerprint density at radius 1 is 0.333 bits per heavy atom. The molecule has 1 aromatic heterocycles. The molecule has 1 heteroatoms. The Labute approximate surface area is 352 Å². The molecule has 12 aromatic rings. The molecule has 280 valence electrons. The standard InChI is InChI=1S/C59H38S/c1-59(2)51-22-12-11-16-42(51)43-30-28-39(34-52(43)59)55-47-20-9-7-18-45(47)54(46-19-8-10-21-48(46)55)37-25-23-35(24-26-37)38-27-31-49-50(33-38)41-15-5-6-17-44(41)57-56-40-14-4-3-13-36(40)29-32-53(56)60-58(49)57/h3-34H,1-2H3. The highest BCUT2D eigenvalue weighted by atomic mass is 32.1. The van der Waals surface area contributed by atoms with Crippen molar-refractivity contribution in [1.29, 1.82) is 0 Å². The highest BCUT2D eigenvalue weighted by Crippen LogP contribution is 2.52. The minimum Gasteiger partial charge on any atom is -0.134 e. The second-order valence-electron chi connectivity index (χ2n) is 17.1. The van der Waals surface area contributed by atoms with Gasteiger partial charge in [0.25, 0.3) is 0 Å². The molecular formula is C59H38S. The van der Waals surface area contributed by atoms with Gasteiger partial charge in [-0.15, -0.1) is 11.3 Å². The van der Waals surface area contributed by atoms with Gasteiger partial charge in [0.2, 0.25) is 0 Å². The summed E-state index contributed by atoms with van der Waals surface area (Å²) >= 11 is 1.93. The highest BCUT2D eigenvalue weighted by Gasteiger charge is 2.35. The molecule has 11 aromatic carbocycles. The molecule has 1 aliphatic rings. The summed E-state index contributed by atoms with van der Waals surface area (Å²) in [4.78, 5) is 0. The minimum atomic E-state index is -0.0620. The Balaban J connectivity index is 0.959. The summed E-state index contributed by atoms with van der Waals surface area (Å²) in [6, 6.07) is 72.9. The second-order valence-corrected chi connectivity index (χ2v) is 18.2. The van der Waals surface area contributed by atoms with Gasteiger partial charge in [-0.1, -0.05) is 190 Å². The predicted molar refractivity (Wildman–Crippen MR) is 261 cm³/mol. The van der Waals surface area contributed by atoms with Crippen LogP contribution in [-0.4, -0.2) is 0 Å². The average Bonchev–Trinajstić information content (AvgIpc) is 3.81. The van der Waals surface area contributed by atoms with E-state index in [4.69, 9.17) is 0 Å². The van der Waals surface area contributed by atoms with Gasteiger partial charge in [-0.2, -0.15) is 0 Å². The van der Waals surface area contributed by atoms with Gasteiger partial charge in [-0.05, 0) is 122 Å². The normalized spacial score (nSPS) is 13.3. The third-order valence-electron chi connectivity index (χ3n) is 13.6. The molecule has 60 heavy (non-hydrogen) atoms. The SMILES string of the molecule is CC1(C)c2ccccc2-c2ccc(-c3c4ccccc4c(-c4ccc(-c5ccc6c(c5)c5ccccc5c5c6sc6ccc7ccccc7c65)cc4)c4ccccc34)cc21. The summed E-state index contributed by atoms with van der Waals surface area (Å²) in [5, 5.41) is 15.8. The molecule has 0 atom stereocenters. The largest absolute Gasteiger partial charge is 0.134 e. The molecule has 13 rings (SSSR count). The van der Waals surface area contributed by atoms with Crippen LogP contribution in [0.3, 0.4) is 0 Å². The van der Waals surface area contributed by atoms with E-state index in [2.05, 4.69) is 208 Å². The van der Waals surface area contributed by atoms with Crippen LogP contribution in [0.2, 0.25) is 0 Å². The van der Waals surface area contributed by atoms with Crippen molar-refractivity contribution in [2.75, 3.05) is 0 Å². The van der Waals surface area contributed by atoms with Crippen molar-refractivity contribution in [3.8, 4) is 44.5 Å². The van der Waals surface area contributed by atoms with Gasteiger partial charge in [0.05, 0.1) is 0 Å². The number of hydrogen-bond donors (Lipinski definition) is 0. The highest BCUT2D eigenvalue weighted by molar-refractivity contribution is 7.27. The van der Waals surface area contributed by atoms with Crippen molar-refractivity contribution < 1.29 is 0 Å². The first-order chi connectivity index (χ1) is 29.5. The molecular weight excluding hydrogens is 741 g/mol. The molecule has 0 unspecified atom stereocenters. The van der Waals surface area contributed by atoms with E-state index in [1.54, 1.807) is 0 Å². The van der Waals surface area contributed by atoms with Crippen molar-refractivity contribution in [3.05, 3.63) is 205 Å². The average molecular weight is 779 g/mol. The lowest BCUT2D eigenvalue weighted by molar-refractivity contribution is 0.660. The van der Waals surface area contributed by atoms with Crippen molar-refractivity contribution in [3.63, 3.8) is 0 Å². The van der Waals surface area contributed by atoms with E-state index in [1.165, 1.54) is 130 Å². The van der Waals surface area contributed by atoms with Crippen LogP contribution in [0.25, 0.3) is 119 Å². The molecule has 0 N–H and O–H groups in total. The molecule has 0 saturated heterocycles. The lowest BCUT2D eigenvalue weighted by Crippen LogP contribution is -2.14. The van der Waals surface area contributed by atoms with Crippen molar-refractivity contribution in [2.45, 2.75) is 19.3 Å². The van der Waals surface area contributed by atoms with Crippen molar-refractivity contribution in [1.82, 2.24) is 0 Å². The Morgan fingerprint density at radius 3 is 1.62 bits per heavy atom. The quantitative estimate of drug-likeness (QED) is 0.124. The van der Waals surface area contributed by atoms with Crippen molar-refractivity contribution >= 4 is 85.4 Å². The molecule has 0 saturated carbocycles. The van der Waals surface area contributed by atoms with Gasteiger partial charge < -0.3 is 0 Å². The fourth-order valence-electron chi connectivity index (χ4n) is 10.8. The zero-order valence-electron chi connectivity index (χ0n) is 33.4. The first kappa shape index (κ1) is 33.9. The van der Waals surface area contributed by atoms with Crippen LogP contribution >= 0.6 is 11.3 Å². The maximum atomic E-state index is 2.47. The van der Waals surface area contributed by atoms with Gasteiger partial charge >= 0.3 is 0 Å². The van der Waals surface area contributed by atoms with E-state index in [9.17, 15) is 0 Å². The van der Waals surface area contributed by atoms with E-state index in [-0.39, 0.29) is 5.41 Å². The lowest BCUT2D eigenvalue weighted by Gasteiger charge is -2.23. The molecule has 1 heterocycles. The van der Waals surface area contributed by atoms with Crippen LogP contribution in [0, 0.1) is 0 Å². The summed E-state index contributed by atoms with van der Waals surface area (Å²) in [7, 11) is 0. The van der Waals surface area contributed by atoms with Crippen molar-refractivity contribution in [2.24, 2.45) is 0 Å². The third kappa shape index (κ3) is 4.67. The maximum absolute atomic E-state index is 2.47. The van der Waals surface area contributed by atoms with Gasteiger partial charge in [0.15, 0.2) is 0 Å². The number of hydrogen-bond acceptors (Lipinski definition) is 1. The first-order valence-corrected chi connectivity index (χ1v) is 21.8. The molecule has 0 spiro atoms. The lowest BCUT2D eigenvalue weighted by atomic mass is 9.80. The van der Waals surface area contributed by atoms with Crippen LogP contribution in [-0.2, 0) is 5.41 Å². The first-order valence-electron chi connectivity index (χ1n) is 21.0. The monoisotopic (exact) mass is 778 g/mol. The number of fused-ring (bicyclic) bond motifs is 15. The summed E-state index contributed by atoms with van der Waals surface area (Å²) in [5.41, 5.74) is 13.0. The molecule has 0 fully saturated rings. The van der Waals surface area contributed by atoms with E-state index in [1.807, 2.05) is 11.3 Å². The Kier molecular flexibility index (Phi) is 7.04. The summed E-state index contributed by atoms with van der Waals surface area (Å²) in [5.74, 6) is 0. The molecule has 0 bridgehead atoms. The fourth-order valence-corrected chi connectivity index (χ4v) is 12.1. The summed E-state index contributed by atoms with van der Waals surface area (Å²) in [6.07, 6.45) is 0. The number of thiophene rings is 1. The van der Waals surface area contributed by atoms with Gasteiger partial charge in [-0.3, -0.25) is 0 Å². The molecule has 0 radical (unpaired) electrons. The van der Waals surface area contributed by atoms with E-state index in [0.29, 0.717) is 0 Å². The van der Waals surface area contributed by atoms with E-state index >= 15 is 0 Å². The Bertz CT molecular complexity index is 3730. The van der Waals surface area contributed by atoms with Crippen LogP contribution < -0.4 is 0 Å². The zero-order chi connectivity index (χ0) is 39.7. The second kappa shape index (κ2) is 12.5. The number of benzene rings is 11. The van der Waals surface area contributed by atoms with E-state index in [0.717, 1.165) is 0 Å². The smallest absolute Gasteiger partial charge is 0.0440 e. The number of rotatable bonds is 3. The molecule has 0 nitrogen and oxygen atoms in total. The third-order valence-corrected chi connectivity index (χ3v) is 14.8. The van der Waals surface area contributed by atoms with Gasteiger partial charge in [-0.25, -0.2) is 0 Å². The Morgan fingerprint density at radius 2 is 0.883 bits per heavy atom. The molecule has 0 aliphatic heterocycles. The topological polar surface area (TPSA) is 0 Å². The van der Waals surface area contributed by atoms with Crippen LogP contribution in [0.15, 0.2) is 194 Å².